The molecule has 34 heavy (non-hydrogen) atoms. The molecular formula is C32H22N2. The lowest BCUT2D eigenvalue weighted by Crippen LogP contribution is -1.75. The molecule has 2 aromatic heterocycles. The second-order valence-corrected chi connectivity index (χ2v) is 8.76. The van der Waals surface area contributed by atoms with Gasteiger partial charge >= 0.3 is 0 Å². The lowest BCUT2D eigenvalue weighted by molar-refractivity contribution is 1.55. The van der Waals surface area contributed by atoms with Crippen molar-refractivity contribution in [3.05, 3.63) is 121 Å². The molecular weight excluding hydrogens is 412 g/mol. The number of hydrogen-bond donors (Lipinski definition) is 2. The van der Waals surface area contributed by atoms with Crippen molar-refractivity contribution >= 4 is 65.2 Å². The molecule has 6 aromatic carbocycles. The van der Waals surface area contributed by atoms with Crippen LogP contribution >= 0.6 is 0 Å². The molecule has 0 aliphatic heterocycles. The van der Waals surface area contributed by atoms with Gasteiger partial charge in [0.15, 0.2) is 0 Å². The summed E-state index contributed by atoms with van der Waals surface area (Å²) in [4.78, 5) is 6.99. The Balaban J connectivity index is 0.000000132. The van der Waals surface area contributed by atoms with Crippen molar-refractivity contribution in [3.63, 3.8) is 0 Å². The number of aromatic nitrogens is 2. The molecule has 0 atom stereocenters. The van der Waals surface area contributed by atoms with Gasteiger partial charge in [-0.3, -0.25) is 0 Å². The largest absolute Gasteiger partial charge is 0.355 e. The molecule has 2 heteroatoms. The molecule has 160 valence electrons. The average molecular weight is 435 g/mol. The minimum absolute atomic E-state index is 1.21. The van der Waals surface area contributed by atoms with Crippen LogP contribution in [0.25, 0.3) is 65.2 Å². The molecule has 0 aliphatic carbocycles. The average Bonchev–Trinajstić information content (AvgIpc) is 3.48. The monoisotopic (exact) mass is 434 g/mol. The normalized spacial score (nSPS) is 11.5. The zero-order chi connectivity index (χ0) is 22.5. The highest BCUT2D eigenvalue weighted by molar-refractivity contribution is 6.24. The first-order valence-electron chi connectivity index (χ1n) is 11.6. The van der Waals surface area contributed by atoms with E-state index in [1.165, 1.54) is 65.2 Å². The standard InChI is InChI=1S/C20H13N.C12H9N/c1-3-7-15-13(5-1)10-12-18-19(15)17-11-9-14-6-2-4-8-16(14)20(17)21-18;1-3-7-11-9(5-1)10-6-2-4-8-12(10)13-11/h1-12,21H;1-8,13H. The van der Waals surface area contributed by atoms with Crippen molar-refractivity contribution in [1.29, 1.82) is 0 Å². The van der Waals surface area contributed by atoms with Crippen LogP contribution in [0.15, 0.2) is 121 Å². The molecule has 0 fully saturated rings. The van der Waals surface area contributed by atoms with Gasteiger partial charge in [0.2, 0.25) is 0 Å². The smallest absolute Gasteiger partial charge is 0.0544 e. The summed E-state index contributed by atoms with van der Waals surface area (Å²) in [6.07, 6.45) is 0. The fraction of sp³-hybridized carbons (Fsp3) is 0. The van der Waals surface area contributed by atoms with Crippen LogP contribution in [0.2, 0.25) is 0 Å². The molecule has 2 N–H and O–H groups in total. The Morgan fingerprint density at radius 3 is 1.56 bits per heavy atom. The quantitative estimate of drug-likeness (QED) is 0.239. The predicted molar refractivity (Wildman–Crippen MR) is 147 cm³/mol. The lowest BCUT2D eigenvalue weighted by atomic mass is 10.0. The Morgan fingerprint density at radius 2 is 0.853 bits per heavy atom. The fourth-order valence-electron chi connectivity index (χ4n) is 5.21. The summed E-state index contributed by atoms with van der Waals surface area (Å²) >= 11 is 0. The molecule has 0 aliphatic rings. The molecule has 0 radical (unpaired) electrons. The highest BCUT2D eigenvalue weighted by Gasteiger charge is 2.10. The minimum Gasteiger partial charge on any atom is -0.355 e. The minimum atomic E-state index is 1.21. The van der Waals surface area contributed by atoms with Crippen LogP contribution in [0, 0.1) is 0 Å². The molecule has 0 unspecified atom stereocenters. The second kappa shape index (κ2) is 7.50. The van der Waals surface area contributed by atoms with E-state index >= 15 is 0 Å². The first kappa shape index (κ1) is 19.0. The maximum Gasteiger partial charge on any atom is 0.0544 e. The zero-order valence-electron chi connectivity index (χ0n) is 18.5. The van der Waals surface area contributed by atoms with E-state index in [-0.39, 0.29) is 0 Å². The van der Waals surface area contributed by atoms with E-state index in [1.54, 1.807) is 0 Å². The van der Waals surface area contributed by atoms with Gasteiger partial charge in [-0.05, 0) is 34.4 Å². The van der Waals surface area contributed by atoms with Crippen LogP contribution in [0.5, 0.6) is 0 Å². The van der Waals surface area contributed by atoms with Gasteiger partial charge < -0.3 is 9.97 Å². The van der Waals surface area contributed by atoms with Crippen LogP contribution in [0.1, 0.15) is 0 Å². The van der Waals surface area contributed by atoms with Crippen molar-refractivity contribution in [2.75, 3.05) is 0 Å². The SMILES string of the molecule is c1ccc2c(c1)[nH]c1ccccc12.c1ccc2c(c1)ccc1c2[nH]c2ccc3ccccc3c21. The van der Waals surface area contributed by atoms with E-state index in [9.17, 15) is 0 Å². The van der Waals surface area contributed by atoms with E-state index < -0.39 is 0 Å². The van der Waals surface area contributed by atoms with E-state index in [4.69, 9.17) is 0 Å². The van der Waals surface area contributed by atoms with Crippen molar-refractivity contribution in [1.82, 2.24) is 9.97 Å². The summed E-state index contributed by atoms with van der Waals surface area (Å²) in [5, 5.41) is 10.4. The van der Waals surface area contributed by atoms with Gasteiger partial charge in [-0.2, -0.15) is 0 Å². The topological polar surface area (TPSA) is 31.6 Å². The third-order valence-corrected chi connectivity index (χ3v) is 6.80. The maximum absolute atomic E-state index is 3.61. The third-order valence-electron chi connectivity index (χ3n) is 6.80. The number of aromatic amines is 2. The summed E-state index contributed by atoms with van der Waals surface area (Å²) < 4.78 is 0. The van der Waals surface area contributed by atoms with Gasteiger partial charge in [-0.15, -0.1) is 0 Å². The summed E-state index contributed by atoms with van der Waals surface area (Å²) in [6.45, 7) is 0. The highest BCUT2D eigenvalue weighted by Crippen LogP contribution is 2.35. The van der Waals surface area contributed by atoms with Gasteiger partial charge in [0.1, 0.15) is 0 Å². The Kier molecular flexibility index (Phi) is 4.18. The van der Waals surface area contributed by atoms with Crippen LogP contribution in [-0.2, 0) is 0 Å². The van der Waals surface area contributed by atoms with Gasteiger partial charge in [-0.1, -0.05) is 103 Å². The van der Waals surface area contributed by atoms with Gasteiger partial charge in [-0.25, -0.2) is 0 Å². The lowest BCUT2D eigenvalue weighted by Gasteiger charge is -2.01. The van der Waals surface area contributed by atoms with E-state index in [0.29, 0.717) is 0 Å². The summed E-state index contributed by atoms with van der Waals surface area (Å²) in [7, 11) is 0. The van der Waals surface area contributed by atoms with Crippen molar-refractivity contribution < 1.29 is 0 Å². The van der Waals surface area contributed by atoms with E-state index in [2.05, 4.69) is 131 Å². The molecule has 0 saturated heterocycles. The van der Waals surface area contributed by atoms with Gasteiger partial charge in [0, 0.05) is 43.5 Å². The molecule has 2 nitrogen and oxygen atoms in total. The number of nitrogens with one attached hydrogen (secondary N) is 2. The molecule has 8 rings (SSSR count). The van der Waals surface area contributed by atoms with Gasteiger partial charge in [0.05, 0.1) is 5.52 Å². The number of H-pyrrole nitrogens is 2. The molecule has 0 bridgehead atoms. The molecule has 0 spiro atoms. The number of rotatable bonds is 0. The van der Waals surface area contributed by atoms with Crippen molar-refractivity contribution in [2.24, 2.45) is 0 Å². The first-order valence-corrected chi connectivity index (χ1v) is 11.6. The second-order valence-electron chi connectivity index (χ2n) is 8.76. The zero-order valence-corrected chi connectivity index (χ0v) is 18.5. The molecule has 2 heterocycles. The summed E-state index contributed by atoms with van der Waals surface area (Å²) in [5.41, 5.74) is 4.87. The molecule has 8 aromatic rings. The number of fused-ring (bicyclic) bond motifs is 10. The van der Waals surface area contributed by atoms with Crippen LogP contribution in [0.4, 0.5) is 0 Å². The van der Waals surface area contributed by atoms with Crippen LogP contribution in [0.3, 0.4) is 0 Å². The van der Waals surface area contributed by atoms with Crippen LogP contribution < -0.4 is 0 Å². The fourth-order valence-corrected chi connectivity index (χ4v) is 5.21. The first-order chi connectivity index (χ1) is 16.9. The Bertz CT molecular complexity index is 1920. The number of hydrogen-bond acceptors (Lipinski definition) is 0. The number of benzene rings is 6. The third kappa shape index (κ3) is 2.89. The highest BCUT2D eigenvalue weighted by atomic mass is 14.7. The Labute approximate surface area is 196 Å². The molecule has 0 saturated carbocycles. The van der Waals surface area contributed by atoms with E-state index in [0.717, 1.165) is 0 Å². The van der Waals surface area contributed by atoms with Gasteiger partial charge in [0.25, 0.3) is 0 Å². The Hall–Kier alpha value is -4.56. The number of para-hydroxylation sites is 2. The van der Waals surface area contributed by atoms with E-state index in [1.807, 2.05) is 0 Å². The van der Waals surface area contributed by atoms with Crippen LogP contribution in [-0.4, -0.2) is 9.97 Å². The maximum atomic E-state index is 3.61. The molecule has 0 amide bonds. The van der Waals surface area contributed by atoms with Crippen molar-refractivity contribution in [3.8, 4) is 0 Å². The summed E-state index contributed by atoms with van der Waals surface area (Å²) in [6, 6.07) is 42.7. The van der Waals surface area contributed by atoms with Crippen molar-refractivity contribution in [2.45, 2.75) is 0 Å². The predicted octanol–water partition coefficient (Wildman–Crippen LogP) is 8.95. The summed E-state index contributed by atoms with van der Waals surface area (Å²) in [5.74, 6) is 0. The Morgan fingerprint density at radius 1 is 0.324 bits per heavy atom.